The predicted octanol–water partition coefficient (Wildman–Crippen LogP) is 5.12. The number of hydrogen-bond donors (Lipinski definition) is 1. The molecule has 5 rings (SSSR count). The molecular formula is C23H19FN2O2S. The fourth-order valence-electron chi connectivity index (χ4n) is 3.94. The van der Waals surface area contributed by atoms with Crippen LogP contribution in [0.15, 0.2) is 77.8 Å². The van der Waals surface area contributed by atoms with E-state index < -0.39 is 15.8 Å². The first-order valence-corrected chi connectivity index (χ1v) is 11.0. The van der Waals surface area contributed by atoms with Crippen molar-refractivity contribution in [3.8, 4) is 11.1 Å². The first-order valence-electron chi connectivity index (χ1n) is 9.51. The van der Waals surface area contributed by atoms with Crippen molar-refractivity contribution in [2.75, 3.05) is 10.8 Å². The van der Waals surface area contributed by atoms with Crippen molar-refractivity contribution in [2.24, 2.45) is 0 Å². The summed E-state index contributed by atoms with van der Waals surface area (Å²) in [6.07, 6.45) is 3.49. The van der Waals surface area contributed by atoms with Crippen LogP contribution in [0.25, 0.3) is 22.0 Å². The largest absolute Gasteiger partial charge is 0.361 e. The maximum atomic E-state index is 13.3. The van der Waals surface area contributed by atoms with Gasteiger partial charge in [0.15, 0.2) is 0 Å². The van der Waals surface area contributed by atoms with Gasteiger partial charge in [0.1, 0.15) is 5.82 Å². The van der Waals surface area contributed by atoms with Crippen molar-refractivity contribution >= 4 is 26.6 Å². The summed E-state index contributed by atoms with van der Waals surface area (Å²) in [5.41, 5.74) is 4.77. The normalized spacial score (nSPS) is 14.2. The third kappa shape index (κ3) is 3.09. The number of nitrogens with zero attached hydrogens (tertiary/aromatic N) is 1. The fraction of sp³-hybridized carbons (Fsp3) is 0.130. The second-order valence-electron chi connectivity index (χ2n) is 7.26. The van der Waals surface area contributed by atoms with E-state index >= 15 is 0 Å². The molecule has 0 saturated carbocycles. The summed E-state index contributed by atoms with van der Waals surface area (Å²) in [6.45, 7) is 0.410. The highest BCUT2D eigenvalue weighted by atomic mass is 32.2. The number of aromatic nitrogens is 1. The van der Waals surface area contributed by atoms with Crippen molar-refractivity contribution in [3.63, 3.8) is 0 Å². The molecule has 0 amide bonds. The number of sulfonamides is 1. The van der Waals surface area contributed by atoms with E-state index in [1.165, 1.54) is 28.6 Å². The quantitative estimate of drug-likeness (QED) is 0.514. The van der Waals surface area contributed by atoms with E-state index in [0.29, 0.717) is 12.2 Å². The molecule has 2 heterocycles. The van der Waals surface area contributed by atoms with Crippen LogP contribution in [-0.4, -0.2) is 19.9 Å². The van der Waals surface area contributed by atoms with Gasteiger partial charge in [-0.1, -0.05) is 18.2 Å². The molecule has 0 bridgehead atoms. The topological polar surface area (TPSA) is 53.2 Å². The number of nitrogens with one attached hydrogen (secondary N) is 1. The molecule has 3 aromatic carbocycles. The average molecular weight is 406 g/mol. The van der Waals surface area contributed by atoms with Crippen LogP contribution in [0.1, 0.15) is 12.0 Å². The van der Waals surface area contributed by atoms with Gasteiger partial charge < -0.3 is 4.98 Å². The molecule has 0 fully saturated rings. The number of aryl methyl sites for hydroxylation is 1. The lowest BCUT2D eigenvalue weighted by atomic mass is 9.97. The van der Waals surface area contributed by atoms with Crippen LogP contribution in [0.2, 0.25) is 0 Å². The molecule has 1 N–H and O–H groups in total. The highest BCUT2D eigenvalue weighted by Gasteiger charge is 2.29. The second-order valence-corrected chi connectivity index (χ2v) is 9.12. The maximum Gasteiger partial charge on any atom is 0.264 e. The summed E-state index contributed by atoms with van der Waals surface area (Å²) in [4.78, 5) is 3.29. The van der Waals surface area contributed by atoms with Crippen LogP contribution in [-0.2, 0) is 16.4 Å². The van der Waals surface area contributed by atoms with Crippen molar-refractivity contribution in [3.05, 3.63) is 84.3 Å². The standard InChI is InChI=1S/C23H19FN2O2S/c24-20-6-8-21(9-7-20)29(27,28)26-13-1-2-16-3-4-18(15-23(16)26)17-5-10-22-19(14-17)11-12-25-22/h3-12,14-15,25H,1-2,13H2. The highest BCUT2D eigenvalue weighted by molar-refractivity contribution is 7.92. The lowest BCUT2D eigenvalue weighted by molar-refractivity contribution is 0.585. The van der Waals surface area contributed by atoms with E-state index in [1.807, 2.05) is 42.6 Å². The van der Waals surface area contributed by atoms with E-state index in [9.17, 15) is 12.8 Å². The lowest BCUT2D eigenvalue weighted by Gasteiger charge is -2.31. The van der Waals surface area contributed by atoms with Crippen molar-refractivity contribution < 1.29 is 12.8 Å². The minimum atomic E-state index is -3.76. The molecule has 1 aliphatic rings. The number of anilines is 1. The molecule has 29 heavy (non-hydrogen) atoms. The Kier molecular flexibility index (Phi) is 4.17. The van der Waals surface area contributed by atoms with Gasteiger partial charge >= 0.3 is 0 Å². The van der Waals surface area contributed by atoms with Crippen LogP contribution in [0.5, 0.6) is 0 Å². The Labute approximate surface area is 168 Å². The monoisotopic (exact) mass is 406 g/mol. The molecule has 0 spiro atoms. The van der Waals surface area contributed by atoms with Crippen LogP contribution in [0.4, 0.5) is 10.1 Å². The van der Waals surface area contributed by atoms with Gasteiger partial charge in [0.05, 0.1) is 10.6 Å². The third-order valence-corrected chi connectivity index (χ3v) is 7.28. The van der Waals surface area contributed by atoms with E-state index in [1.54, 1.807) is 0 Å². The molecule has 146 valence electrons. The zero-order chi connectivity index (χ0) is 20.0. The molecule has 0 saturated heterocycles. The van der Waals surface area contributed by atoms with Gasteiger partial charge in [-0.3, -0.25) is 4.31 Å². The van der Waals surface area contributed by atoms with Gasteiger partial charge in [0.2, 0.25) is 0 Å². The predicted molar refractivity (Wildman–Crippen MR) is 113 cm³/mol. The Morgan fingerprint density at radius 2 is 1.66 bits per heavy atom. The van der Waals surface area contributed by atoms with Crippen molar-refractivity contribution in [2.45, 2.75) is 17.7 Å². The number of hydrogen-bond acceptors (Lipinski definition) is 2. The molecule has 4 aromatic rings. The Morgan fingerprint density at radius 3 is 2.48 bits per heavy atom. The summed E-state index contributed by atoms with van der Waals surface area (Å²) in [7, 11) is -3.76. The lowest BCUT2D eigenvalue weighted by Crippen LogP contribution is -2.35. The number of H-pyrrole nitrogens is 1. The van der Waals surface area contributed by atoms with E-state index in [-0.39, 0.29) is 4.90 Å². The van der Waals surface area contributed by atoms with E-state index in [2.05, 4.69) is 11.1 Å². The molecular weight excluding hydrogens is 387 g/mol. The maximum absolute atomic E-state index is 13.3. The van der Waals surface area contributed by atoms with Gasteiger partial charge in [0.25, 0.3) is 10.0 Å². The zero-order valence-electron chi connectivity index (χ0n) is 15.6. The van der Waals surface area contributed by atoms with Crippen LogP contribution in [0, 0.1) is 5.82 Å². The minimum absolute atomic E-state index is 0.103. The summed E-state index contributed by atoms with van der Waals surface area (Å²) in [6, 6.07) is 19.2. The number of halogens is 1. The van der Waals surface area contributed by atoms with E-state index in [0.717, 1.165) is 40.4 Å². The number of rotatable bonds is 3. The van der Waals surface area contributed by atoms with Crippen LogP contribution in [0.3, 0.4) is 0 Å². The highest BCUT2D eigenvalue weighted by Crippen LogP contribution is 2.36. The average Bonchev–Trinajstić information content (AvgIpc) is 3.21. The van der Waals surface area contributed by atoms with E-state index in [4.69, 9.17) is 0 Å². The molecule has 0 radical (unpaired) electrons. The van der Waals surface area contributed by atoms with Gasteiger partial charge in [0, 0.05) is 18.3 Å². The molecule has 1 aromatic heterocycles. The van der Waals surface area contributed by atoms with Crippen molar-refractivity contribution in [1.82, 2.24) is 4.98 Å². The summed E-state index contributed by atoms with van der Waals surface area (Å²) in [5.74, 6) is -0.453. The molecule has 4 nitrogen and oxygen atoms in total. The summed E-state index contributed by atoms with van der Waals surface area (Å²) in [5, 5.41) is 1.11. The Balaban J connectivity index is 1.60. The number of benzene rings is 3. The first-order chi connectivity index (χ1) is 14.0. The third-order valence-electron chi connectivity index (χ3n) is 5.45. The molecule has 0 unspecified atom stereocenters. The number of fused-ring (bicyclic) bond motifs is 2. The minimum Gasteiger partial charge on any atom is -0.361 e. The van der Waals surface area contributed by atoms with Gasteiger partial charge in [-0.15, -0.1) is 0 Å². The van der Waals surface area contributed by atoms with Crippen molar-refractivity contribution in [1.29, 1.82) is 0 Å². The number of aromatic amines is 1. The SMILES string of the molecule is O=S(=O)(c1ccc(F)cc1)N1CCCc2ccc(-c3ccc4[nH]ccc4c3)cc21. The fourth-order valence-corrected chi connectivity index (χ4v) is 5.47. The molecule has 6 heteroatoms. The Hall–Kier alpha value is -3.12. The smallest absolute Gasteiger partial charge is 0.264 e. The zero-order valence-corrected chi connectivity index (χ0v) is 16.4. The molecule has 0 aliphatic carbocycles. The van der Waals surface area contributed by atoms with Gasteiger partial charge in [-0.2, -0.15) is 0 Å². The van der Waals surface area contributed by atoms with Gasteiger partial charge in [-0.25, -0.2) is 12.8 Å². The second kappa shape index (κ2) is 6.74. The van der Waals surface area contributed by atoms with Crippen LogP contribution < -0.4 is 4.31 Å². The molecule has 1 aliphatic heterocycles. The summed E-state index contributed by atoms with van der Waals surface area (Å²) < 4.78 is 41.2. The Morgan fingerprint density at radius 1 is 0.897 bits per heavy atom. The first kappa shape index (κ1) is 17.9. The van der Waals surface area contributed by atoms with Crippen LogP contribution >= 0.6 is 0 Å². The van der Waals surface area contributed by atoms with Gasteiger partial charge in [-0.05, 0) is 83.4 Å². The Bertz CT molecular complexity index is 1310. The summed E-state index contributed by atoms with van der Waals surface area (Å²) >= 11 is 0. The molecule has 0 atom stereocenters.